The zero-order valence-corrected chi connectivity index (χ0v) is 15.2. The molecule has 1 aliphatic rings. The number of halogens is 1. The van der Waals surface area contributed by atoms with Crippen molar-refractivity contribution in [2.24, 2.45) is 11.3 Å². The highest BCUT2D eigenvalue weighted by Crippen LogP contribution is 2.65. The number of benzene rings is 1. The number of hydrogen-bond donors (Lipinski definition) is 0. The molecule has 132 valence electrons. The zero-order chi connectivity index (χ0) is 18.7. The van der Waals surface area contributed by atoms with E-state index in [2.05, 4.69) is 0 Å². The van der Waals surface area contributed by atoms with Crippen molar-refractivity contribution in [1.82, 2.24) is 0 Å². The van der Waals surface area contributed by atoms with Gasteiger partial charge in [0, 0.05) is 33.5 Å². The molecule has 2 rings (SSSR count). The van der Waals surface area contributed by atoms with Crippen LogP contribution in [-0.2, 0) is 18.9 Å². The second-order valence-electron chi connectivity index (χ2n) is 5.52. The van der Waals surface area contributed by atoms with Gasteiger partial charge in [0.2, 0.25) is 11.2 Å². The molecule has 6 nitrogen and oxygen atoms in total. The summed E-state index contributed by atoms with van der Waals surface area (Å²) in [6.07, 6.45) is 3.46. The van der Waals surface area contributed by atoms with Gasteiger partial charge in [0.15, 0.2) is 0 Å². The highest BCUT2D eigenvalue weighted by Gasteiger charge is 2.85. The topological polar surface area (TPSA) is 84.5 Å². The third-order valence-corrected chi connectivity index (χ3v) is 4.99. The minimum absolute atomic E-state index is 0.616. The van der Waals surface area contributed by atoms with E-state index in [1.807, 2.05) is 24.3 Å². The van der Waals surface area contributed by atoms with Crippen molar-refractivity contribution in [2.45, 2.75) is 11.6 Å². The second-order valence-corrected chi connectivity index (χ2v) is 5.96. The van der Waals surface area contributed by atoms with Crippen molar-refractivity contribution in [3.05, 3.63) is 40.9 Å². The molecule has 1 saturated carbocycles. The van der Waals surface area contributed by atoms with Crippen molar-refractivity contribution >= 4 is 17.7 Å². The normalized spacial score (nSPS) is 22.8. The molecule has 1 aromatic rings. The lowest BCUT2D eigenvalue weighted by Gasteiger charge is -2.64. The molecule has 25 heavy (non-hydrogen) atoms. The molecule has 0 saturated heterocycles. The molecular weight excluding hydrogens is 344 g/mol. The van der Waals surface area contributed by atoms with Gasteiger partial charge < -0.3 is 18.9 Å². The van der Waals surface area contributed by atoms with Crippen LogP contribution in [0.5, 0.6) is 0 Å². The smallest absolute Gasteiger partial charge is 0.257 e. The minimum Gasteiger partial charge on any atom is -0.348 e. The summed E-state index contributed by atoms with van der Waals surface area (Å²) in [6.45, 7) is 0. The molecule has 0 aliphatic heterocycles. The fourth-order valence-corrected chi connectivity index (χ4v) is 3.68. The second kappa shape index (κ2) is 7.13. The fourth-order valence-electron chi connectivity index (χ4n) is 3.55. The van der Waals surface area contributed by atoms with Crippen LogP contribution in [0.15, 0.2) is 30.3 Å². The fraction of sp³-hybridized carbons (Fsp3) is 0.444. The number of ether oxygens (including phenoxy) is 4. The van der Waals surface area contributed by atoms with Crippen molar-refractivity contribution < 1.29 is 18.9 Å². The summed E-state index contributed by atoms with van der Waals surface area (Å²) in [5, 5.41) is 20.1. The van der Waals surface area contributed by atoms with E-state index in [9.17, 15) is 10.5 Å². The summed E-state index contributed by atoms with van der Waals surface area (Å²) in [4.78, 5) is 0. The Hall–Kier alpha value is -1.93. The van der Waals surface area contributed by atoms with Gasteiger partial charge in [-0.3, -0.25) is 0 Å². The summed E-state index contributed by atoms with van der Waals surface area (Å²) in [5.41, 5.74) is -0.798. The monoisotopic (exact) mass is 362 g/mol. The minimum atomic E-state index is -1.69. The van der Waals surface area contributed by atoms with E-state index in [1.165, 1.54) is 28.4 Å². The maximum Gasteiger partial charge on any atom is 0.257 e. The number of rotatable bonds is 6. The molecule has 0 spiro atoms. The van der Waals surface area contributed by atoms with Gasteiger partial charge in [0.05, 0.1) is 18.1 Å². The molecule has 0 N–H and O–H groups in total. The van der Waals surface area contributed by atoms with Crippen molar-refractivity contribution in [1.29, 1.82) is 10.5 Å². The average molecular weight is 363 g/mol. The molecule has 1 aliphatic carbocycles. The predicted octanol–water partition coefficient (Wildman–Crippen LogP) is 2.99. The van der Waals surface area contributed by atoms with Crippen LogP contribution in [0.4, 0.5) is 0 Å². The number of nitrogens with zero attached hydrogens (tertiary/aromatic N) is 2. The van der Waals surface area contributed by atoms with E-state index in [4.69, 9.17) is 30.5 Å². The Morgan fingerprint density at radius 3 is 1.88 bits per heavy atom. The lowest BCUT2D eigenvalue weighted by atomic mass is 9.51. The Balaban J connectivity index is 2.55. The number of methoxy groups -OCH3 is 4. The van der Waals surface area contributed by atoms with Gasteiger partial charge in [-0.2, -0.15) is 10.5 Å². The lowest BCUT2D eigenvalue weighted by molar-refractivity contribution is -0.489. The van der Waals surface area contributed by atoms with Gasteiger partial charge in [-0.15, -0.1) is 0 Å². The first-order chi connectivity index (χ1) is 12.0. The van der Waals surface area contributed by atoms with E-state index in [0.717, 1.165) is 5.56 Å². The highest BCUT2D eigenvalue weighted by molar-refractivity contribution is 6.30. The van der Waals surface area contributed by atoms with Crippen LogP contribution < -0.4 is 0 Å². The van der Waals surface area contributed by atoms with E-state index >= 15 is 0 Å². The first-order valence-electron chi connectivity index (χ1n) is 7.44. The van der Waals surface area contributed by atoms with Gasteiger partial charge >= 0.3 is 0 Å². The van der Waals surface area contributed by atoms with Crippen molar-refractivity contribution in [2.75, 3.05) is 28.4 Å². The third kappa shape index (κ3) is 2.38. The quantitative estimate of drug-likeness (QED) is 0.723. The highest BCUT2D eigenvalue weighted by atomic mass is 35.5. The molecule has 7 heteroatoms. The largest absolute Gasteiger partial charge is 0.348 e. The summed E-state index contributed by atoms with van der Waals surface area (Å²) in [7, 11) is 5.52. The van der Waals surface area contributed by atoms with Crippen LogP contribution in [-0.4, -0.2) is 40.0 Å². The first kappa shape index (κ1) is 19.4. The Kier molecular flexibility index (Phi) is 5.53. The molecule has 0 unspecified atom stereocenters. The lowest BCUT2D eigenvalue weighted by Crippen LogP contribution is -2.83. The van der Waals surface area contributed by atoms with E-state index in [0.29, 0.717) is 5.02 Å². The molecule has 1 atom stereocenters. The molecule has 0 bridgehead atoms. The molecule has 1 aromatic carbocycles. The summed E-state index contributed by atoms with van der Waals surface area (Å²) in [6, 6.07) is 11.2. The average Bonchev–Trinajstić information content (AvgIpc) is 2.64. The molecule has 1 fully saturated rings. The van der Waals surface area contributed by atoms with Gasteiger partial charge in [0.25, 0.3) is 5.79 Å². The standard InChI is InChI=1S/C18H19ClN2O4/c1-22-17(23-2)15(10-7-13-5-8-14(19)9-6-13)16(11-20,12-21)18(17,24-3)25-4/h5-10,15H,1-4H3/b10-7-/t15-/m0/s1. The maximum absolute atomic E-state index is 9.77. The molecular formula is C18H19ClN2O4. The van der Waals surface area contributed by atoms with E-state index in [-0.39, 0.29) is 0 Å². The Bertz CT molecular complexity index is 711. The van der Waals surface area contributed by atoms with Gasteiger partial charge in [-0.05, 0) is 17.7 Å². The SMILES string of the molecule is COC1(OC)[C@@H](/C=C\c2ccc(Cl)cc2)C(C#N)(C#N)C1(OC)OC. The Morgan fingerprint density at radius 1 is 0.960 bits per heavy atom. The Labute approximate surface area is 152 Å². The summed E-state index contributed by atoms with van der Waals surface area (Å²) < 4.78 is 22.0. The van der Waals surface area contributed by atoms with Crippen LogP contribution in [0.25, 0.3) is 6.08 Å². The van der Waals surface area contributed by atoms with Crippen LogP contribution >= 0.6 is 11.6 Å². The first-order valence-corrected chi connectivity index (χ1v) is 7.82. The van der Waals surface area contributed by atoms with Crippen LogP contribution in [0, 0.1) is 34.0 Å². The van der Waals surface area contributed by atoms with Crippen LogP contribution in [0.3, 0.4) is 0 Å². The summed E-state index contributed by atoms with van der Waals surface area (Å²) >= 11 is 5.88. The predicted molar refractivity (Wildman–Crippen MR) is 91.1 cm³/mol. The van der Waals surface area contributed by atoms with Crippen molar-refractivity contribution in [3.8, 4) is 12.1 Å². The summed E-state index contributed by atoms with van der Waals surface area (Å²) in [5.74, 6) is -3.90. The van der Waals surface area contributed by atoms with Crippen LogP contribution in [0.1, 0.15) is 5.56 Å². The zero-order valence-electron chi connectivity index (χ0n) is 14.4. The molecule has 0 aromatic heterocycles. The maximum atomic E-state index is 9.77. The molecule has 0 amide bonds. The third-order valence-electron chi connectivity index (χ3n) is 4.74. The van der Waals surface area contributed by atoms with Crippen molar-refractivity contribution in [3.63, 3.8) is 0 Å². The van der Waals surface area contributed by atoms with E-state index in [1.54, 1.807) is 24.3 Å². The van der Waals surface area contributed by atoms with Crippen LogP contribution in [0.2, 0.25) is 5.02 Å². The van der Waals surface area contributed by atoms with Gasteiger partial charge in [-0.25, -0.2) is 0 Å². The number of hydrogen-bond acceptors (Lipinski definition) is 6. The Morgan fingerprint density at radius 2 is 1.48 bits per heavy atom. The molecule has 0 heterocycles. The number of nitriles is 2. The molecule has 0 radical (unpaired) electrons. The van der Waals surface area contributed by atoms with Gasteiger partial charge in [0.1, 0.15) is 0 Å². The van der Waals surface area contributed by atoms with Gasteiger partial charge in [-0.1, -0.05) is 35.9 Å². The van der Waals surface area contributed by atoms with E-state index < -0.39 is 22.9 Å².